The molecule has 0 amide bonds. The maximum atomic E-state index is 11.7. The molecular formula is C12H9NO3. The number of ketones is 1. The van der Waals surface area contributed by atoms with Crippen LogP contribution in [0, 0.1) is 0 Å². The molecule has 1 aromatic rings. The van der Waals surface area contributed by atoms with Gasteiger partial charge in [0.25, 0.3) is 0 Å². The summed E-state index contributed by atoms with van der Waals surface area (Å²) in [6.07, 6.45) is 1.17. The van der Waals surface area contributed by atoms with E-state index in [0.717, 1.165) is 0 Å². The van der Waals surface area contributed by atoms with Gasteiger partial charge in [0.05, 0.1) is 12.5 Å². The smallest absolute Gasteiger partial charge is 0.356 e. The van der Waals surface area contributed by atoms with Crippen molar-refractivity contribution in [2.24, 2.45) is 4.99 Å². The van der Waals surface area contributed by atoms with Gasteiger partial charge in [-0.3, -0.25) is 4.79 Å². The van der Waals surface area contributed by atoms with Gasteiger partial charge < -0.3 is 4.74 Å². The number of hydrogen-bond acceptors (Lipinski definition) is 4. The second-order valence-corrected chi connectivity index (χ2v) is 3.31. The maximum Gasteiger partial charge on any atom is 0.356 e. The van der Waals surface area contributed by atoms with Gasteiger partial charge in [-0.2, -0.15) is 0 Å². The number of carbonyl (C=O) groups excluding carboxylic acids is 2. The molecule has 1 aliphatic heterocycles. The van der Waals surface area contributed by atoms with Crippen LogP contribution in [0.25, 0.3) is 6.58 Å². The van der Waals surface area contributed by atoms with Crippen molar-refractivity contribution in [3.8, 4) is 0 Å². The Morgan fingerprint density at radius 2 is 2.19 bits per heavy atom. The highest BCUT2D eigenvalue weighted by atomic mass is 16.5. The number of allylic oxidation sites excluding steroid dienone is 1. The average Bonchev–Trinajstić information content (AvgIpc) is 2.29. The minimum atomic E-state index is -0.623. The van der Waals surface area contributed by atoms with Gasteiger partial charge in [0, 0.05) is 11.6 Å². The third kappa shape index (κ3) is 1.54. The van der Waals surface area contributed by atoms with Crippen LogP contribution in [0.15, 0.2) is 35.0 Å². The topological polar surface area (TPSA) is 55.7 Å². The Hall–Kier alpha value is -2.23. The molecule has 0 fully saturated rings. The highest BCUT2D eigenvalue weighted by molar-refractivity contribution is 6.09. The molecule has 2 rings (SSSR count). The van der Waals surface area contributed by atoms with E-state index in [-0.39, 0.29) is 11.5 Å². The minimum Gasteiger partial charge on any atom is -0.464 e. The Morgan fingerprint density at radius 1 is 1.44 bits per heavy atom. The summed E-state index contributed by atoms with van der Waals surface area (Å²) >= 11 is 0. The fraction of sp³-hybridized carbons (Fsp3) is 0.0833. The lowest BCUT2D eigenvalue weighted by molar-refractivity contribution is -0.136. The highest BCUT2D eigenvalue weighted by Gasteiger charge is 2.18. The molecule has 0 saturated carbocycles. The van der Waals surface area contributed by atoms with Crippen molar-refractivity contribution in [3.63, 3.8) is 0 Å². The Balaban J connectivity index is 2.71. The molecule has 16 heavy (non-hydrogen) atoms. The van der Waals surface area contributed by atoms with Crippen molar-refractivity contribution < 1.29 is 14.3 Å². The zero-order chi connectivity index (χ0) is 11.7. The van der Waals surface area contributed by atoms with E-state index in [1.807, 2.05) is 0 Å². The van der Waals surface area contributed by atoms with Crippen molar-refractivity contribution in [3.05, 3.63) is 46.1 Å². The van der Waals surface area contributed by atoms with Gasteiger partial charge in [-0.05, 0) is 11.3 Å². The van der Waals surface area contributed by atoms with Gasteiger partial charge in [-0.15, -0.1) is 0 Å². The molecular weight excluding hydrogens is 206 g/mol. The van der Waals surface area contributed by atoms with E-state index in [2.05, 4.69) is 16.3 Å². The number of benzene rings is 1. The first-order valence-electron chi connectivity index (χ1n) is 4.64. The Morgan fingerprint density at radius 3 is 2.88 bits per heavy atom. The van der Waals surface area contributed by atoms with Crippen LogP contribution in [0.5, 0.6) is 0 Å². The lowest BCUT2D eigenvalue weighted by Crippen LogP contribution is -2.32. The summed E-state index contributed by atoms with van der Waals surface area (Å²) in [7, 11) is 1.24. The van der Waals surface area contributed by atoms with E-state index >= 15 is 0 Å². The van der Waals surface area contributed by atoms with E-state index in [0.29, 0.717) is 16.1 Å². The number of fused-ring (bicyclic) bond motifs is 1. The van der Waals surface area contributed by atoms with Crippen molar-refractivity contribution in [2.45, 2.75) is 0 Å². The number of para-hydroxylation sites is 1. The zero-order valence-electron chi connectivity index (χ0n) is 8.69. The summed E-state index contributed by atoms with van der Waals surface area (Å²) in [5.41, 5.74) is 0.469. The largest absolute Gasteiger partial charge is 0.464 e. The third-order valence-corrected chi connectivity index (χ3v) is 2.28. The summed E-state index contributed by atoms with van der Waals surface area (Å²) in [4.78, 5) is 27.0. The number of hydrogen-bond donors (Lipinski definition) is 0. The predicted molar refractivity (Wildman–Crippen MR) is 57.2 cm³/mol. The van der Waals surface area contributed by atoms with E-state index in [1.165, 1.54) is 13.2 Å². The predicted octanol–water partition coefficient (Wildman–Crippen LogP) is -0.0303. The van der Waals surface area contributed by atoms with E-state index in [9.17, 15) is 9.59 Å². The molecule has 0 aromatic heterocycles. The van der Waals surface area contributed by atoms with Crippen molar-refractivity contribution in [1.29, 1.82) is 0 Å². The first kappa shape index (κ1) is 10.3. The normalized spacial score (nSPS) is 13.6. The second kappa shape index (κ2) is 3.73. The minimum absolute atomic E-state index is 0.0103. The Labute approximate surface area is 91.6 Å². The fourth-order valence-electron chi connectivity index (χ4n) is 1.49. The number of nitrogens with zero attached hydrogens (tertiary/aromatic N) is 1. The van der Waals surface area contributed by atoms with Crippen LogP contribution in [0.2, 0.25) is 0 Å². The number of esters is 1. The summed E-state index contributed by atoms with van der Waals surface area (Å²) in [5, 5.41) is 1.05. The molecule has 4 heteroatoms. The fourth-order valence-corrected chi connectivity index (χ4v) is 1.49. The summed E-state index contributed by atoms with van der Waals surface area (Å²) in [6.45, 7) is 3.76. The summed E-state index contributed by atoms with van der Waals surface area (Å²) in [5.74, 6) is -0.877. The first-order valence-corrected chi connectivity index (χ1v) is 4.64. The molecule has 0 radical (unpaired) electrons. The van der Waals surface area contributed by atoms with Crippen molar-refractivity contribution in [1.82, 2.24) is 0 Å². The number of rotatable bonds is 1. The Bertz CT molecular complexity index is 614. The standard InChI is InChI=1S/C12H9NO3/c1-7-4-3-5-8-10(14)6-9(12(15)16-2)13-11(7)8/h3-6H,1H2,2H3. The molecule has 0 aliphatic carbocycles. The van der Waals surface area contributed by atoms with Gasteiger partial charge in [-0.1, -0.05) is 18.7 Å². The van der Waals surface area contributed by atoms with Crippen LogP contribution in [-0.2, 0) is 9.53 Å². The maximum absolute atomic E-state index is 11.7. The molecule has 0 saturated heterocycles. The first-order chi connectivity index (χ1) is 7.63. The molecule has 1 heterocycles. The number of ether oxygens (including phenoxy) is 1. The van der Waals surface area contributed by atoms with Crippen LogP contribution in [0.4, 0.5) is 0 Å². The van der Waals surface area contributed by atoms with Gasteiger partial charge in [0.15, 0.2) is 11.5 Å². The lowest BCUT2D eigenvalue weighted by Gasteiger charge is -2.06. The van der Waals surface area contributed by atoms with Gasteiger partial charge >= 0.3 is 5.97 Å². The summed E-state index contributed by atoms with van der Waals surface area (Å²) < 4.78 is 4.52. The quantitative estimate of drug-likeness (QED) is 0.618. The molecule has 1 aromatic carbocycles. The van der Waals surface area contributed by atoms with Crippen molar-refractivity contribution >= 4 is 18.3 Å². The molecule has 0 N–H and O–H groups in total. The molecule has 4 nitrogen and oxygen atoms in total. The van der Waals surface area contributed by atoms with Gasteiger partial charge in [0.2, 0.25) is 0 Å². The SMILES string of the molecule is C=c1cccc2c1=NC(C(=O)OC)=CC2=O. The lowest BCUT2D eigenvalue weighted by atomic mass is 10.1. The Kier molecular flexibility index (Phi) is 2.40. The van der Waals surface area contributed by atoms with Gasteiger partial charge in [-0.25, -0.2) is 9.79 Å². The molecule has 80 valence electrons. The zero-order valence-corrected chi connectivity index (χ0v) is 8.69. The van der Waals surface area contributed by atoms with Crippen molar-refractivity contribution in [2.75, 3.05) is 7.11 Å². The third-order valence-electron chi connectivity index (χ3n) is 2.28. The highest BCUT2D eigenvalue weighted by Crippen LogP contribution is 2.06. The van der Waals surface area contributed by atoms with Crippen LogP contribution in [-0.4, -0.2) is 18.9 Å². The number of methoxy groups -OCH3 is 1. The van der Waals surface area contributed by atoms with E-state index in [4.69, 9.17) is 0 Å². The molecule has 0 atom stereocenters. The molecule has 0 bridgehead atoms. The van der Waals surface area contributed by atoms with E-state index in [1.54, 1.807) is 18.2 Å². The van der Waals surface area contributed by atoms with Crippen LogP contribution < -0.4 is 10.6 Å². The summed E-state index contributed by atoms with van der Waals surface area (Å²) in [6, 6.07) is 5.11. The average molecular weight is 215 g/mol. The van der Waals surface area contributed by atoms with Crippen LogP contribution >= 0.6 is 0 Å². The van der Waals surface area contributed by atoms with Crippen LogP contribution in [0.1, 0.15) is 10.4 Å². The molecule has 0 spiro atoms. The molecule has 0 unspecified atom stereocenters. The van der Waals surface area contributed by atoms with Crippen LogP contribution in [0.3, 0.4) is 0 Å². The van der Waals surface area contributed by atoms with E-state index < -0.39 is 5.97 Å². The monoisotopic (exact) mass is 215 g/mol. The second-order valence-electron chi connectivity index (χ2n) is 3.31. The number of carbonyl (C=O) groups is 2. The van der Waals surface area contributed by atoms with Gasteiger partial charge in [0.1, 0.15) is 0 Å². The molecule has 1 aliphatic rings.